The van der Waals surface area contributed by atoms with Gasteiger partial charge in [0, 0.05) is 12.2 Å². The van der Waals surface area contributed by atoms with Gasteiger partial charge in [0.15, 0.2) is 0 Å². The number of anilines is 1. The molecule has 0 aliphatic carbocycles. The Kier molecular flexibility index (Phi) is 4.94. The molecule has 0 saturated carbocycles. The third kappa shape index (κ3) is 3.65. The van der Waals surface area contributed by atoms with Gasteiger partial charge in [-0.15, -0.1) is 0 Å². The summed E-state index contributed by atoms with van der Waals surface area (Å²) >= 11 is 0. The van der Waals surface area contributed by atoms with Gasteiger partial charge in [-0.1, -0.05) is 42.5 Å². The molecule has 0 aromatic heterocycles. The van der Waals surface area contributed by atoms with Gasteiger partial charge in [-0.3, -0.25) is 9.59 Å². The molecule has 4 nitrogen and oxygen atoms in total. The first-order chi connectivity index (χ1) is 11.6. The van der Waals surface area contributed by atoms with Gasteiger partial charge in [-0.25, -0.2) is 0 Å². The molecule has 1 N–H and O–H groups in total. The monoisotopic (exact) mass is 322 g/mol. The van der Waals surface area contributed by atoms with Crippen LogP contribution in [0.5, 0.6) is 0 Å². The van der Waals surface area contributed by atoms with E-state index in [0.717, 1.165) is 29.7 Å². The fourth-order valence-corrected chi connectivity index (χ4v) is 3.11. The molecule has 0 spiro atoms. The minimum absolute atomic E-state index is 0.0407. The lowest BCUT2D eigenvalue weighted by molar-refractivity contribution is -0.124. The topological polar surface area (TPSA) is 49.4 Å². The first-order valence-electron chi connectivity index (χ1n) is 8.34. The molecule has 124 valence electrons. The van der Waals surface area contributed by atoms with Crippen LogP contribution in [-0.4, -0.2) is 24.9 Å². The molecule has 0 atom stereocenters. The summed E-state index contributed by atoms with van der Waals surface area (Å²) in [6, 6.07) is 15.8. The van der Waals surface area contributed by atoms with Gasteiger partial charge in [-0.2, -0.15) is 0 Å². The van der Waals surface area contributed by atoms with Crippen LogP contribution in [0.25, 0.3) is 0 Å². The second-order valence-electron chi connectivity index (χ2n) is 6.16. The molecule has 1 aliphatic rings. The number of nitrogens with one attached hydrogen (secondary N) is 1. The van der Waals surface area contributed by atoms with Crippen molar-refractivity contribution in [3.63, 3.8) is 0 Å². The van der Waals surface area contributed by atoms with Crippen LogP contribution in [0.3, 0.4) is 0 Å². The first-order valence-corrected chi connectivity index (χ1v) is 8.34. The minimum atomic E-state index is -0.122. The highest BCUT2D eigenvalue weighted by molar-refractivity contribution is 5.97. The molecule has 4 heteroatoms. The predicted octanol–water partition coefficient (Wildman–Crippen LogP) is 2.63. The van der Waals surface area contributed by atoms with Gasteiger partial charge in [-0.05, 0) is 42.5 Å². The van der Waals surface area contributed by atoms with Crippen LogP contribution in [0.15, 0.2) is 48.5 Å². The zero-order chi connectivity index (χ0) is 16.9. The lowest BCUT2D eigenvalue weighted by atomic mass is 10.0. The molecule has 0 radical (unpaired) electrons. The number of rotatable bonds is 4. The second kappa shape index (κ2) is 7.30. The smallest absolute Gasteiger partial charge is 0.246 e. The van der Waals surface area contributed by atoms with Gasteiger partial charge in [0.25, 0.3) is 0 Å². The zero-order valence-electron chi connectivity index (χ0n) is 13.9. The van der Waals surface area contributed by atoms with Crippen molar-refractivity contribution in [1.29, 1.82) is 0 Å². The SMILES string of the molecule is Cc1ccccc1CC(=O)NCC(=O)N1CCCc2ccccc21. The highest BCUT2D eigenvalue weighted by Crippen LogP contribution is 2.26. The number of amides is 2. The van der Waals surface area contributed by atoms with Crippen molar-refractivity contribution in [2.24, 2.45) is 0 Å². The molecular weight excluding hydrogens is 300 g/mol. The summed E-state index contributed by atoms with van der Waals surface area (Å²) in [7, 11) is 0. The Labute approximate surface area is 142 Å². The van der Waals surface area contributed by atoms with Crippen LogP contribution in [0.4, 0.5) is 5.69 Å². The molecule has 2 aromatic rings. The lowest BCUT2D eigenvalue weighted by Gasteiger charge is -2.29. The number of hydrogen-bond donors (Lipinski definition) is 1. The van der Waals surface area contributed by atoms with Crippen molar-refractivity contribution in [2.75, 3.05) is 18.0 Å². The Morgan fingerprint density at radius 3 is 2.67 bits per heavy atom. The van der Waals surface area contributed by atoms with Crippen LogP contribution in [0.2, 0.25) is 0 Å². The molecule has 0 unspecified atom stereocenters. The number of carbonyl (C=O) groups excluding carboxylic acids is 2. The van der Waals surface area contributed by atoms with E-state index >= 15 is 0 Å². The van der Waals surface area contributed by atoms with Crippen LogP contribution < -0.4 is 10.2 Å². The van der Waals surface area contributed by atoms with Gasteiger partial charge in [0.1, 0.15) is 0 Å². The van der Waals surface area contributed by atoms with Crippen molar-refractivity contribution in [3.8, 4) is 0 Å². The van der Waals surface area contributed by atoms with E-state index in [1.165, 1.54) is 5.56 Å². The van der Waals surface area contributed by atoms with E-state index in [1.54, 1.807) is 4.90 Å². The number of fused-ring (bicyclic) bond motifs is 1. The van der Waals surface area contributed by atoms with Crippen LogP contribution in [0, 0.1) is 6.92 Å². The maximum absolute atomic E-state index is 12.5. The molecule has 0 bridgehead atoms. The lowest BCUT2D eigenvalue weighted by Crippen LogP contribution is -2.43. The molecule has 2 aromatic carbocycles. The third-order valence-electron chi connectivity index (χ3n) is 4.46. The van der Waals surface area contributed by atoms with Crippen molar-refractivity contribution < 1.29 is 9.59 Å². The van der Waals surface area contributed by atoms with E-state index in [1.807, 2.05) is 49.4 Å². The summed E-state index contributed by atoms with van der Waals surface area (Å²) in [4.78, 5) is 26.4. The molecular formula is C20H22N2O2. The zero-order valence-corrected chi connectivity index (χ0v) is 13.9. The Balaban J connectivity index is 1.58. The molecule has 1 aliphatic heterocycles. The van der Waals surface area contributed by atoms with Crippen LogP contribution >= 0.6 is 0 Å². The summed E-state index contributed by atoms with van der Waals surface area (Å²) in [5.41, 5.74) is 4.25. The minimum Gasteiger partial charge on any atom is -0.347 e. The van der Waals surface area contributed by atoms with Crippen molar-refractivity contribution in [1.82, 2.24) is 5.32 Å². The average Bonchev–Trinajstić information content (AvgIpc) is 2.61. The molecule has 0 fully saturated rings. The van der Waals surface area contributed by atoms with Crippen molar-refractivity contribution in [2.45, 2.75) is 26.2 Å². The Morgan fingerprint density at radius 2 is 1.83 bits per heavy atom. The fourth-order valence-electron chi connectivity index (χ4n) is 3.11. The summed E-state index contributed by atoms with van der Waals surface area (Å²) < 4.78 is 0. The van der Waals surface area contributed by atoms with E-state index in [4.69, 9.17) is 0 Å². The molecule has 1 heterocycles. The summed E-state index contributed by atoms with van der Waals surface area (Å²) in [6.07, 6.45) is 2.26. The van der Waals surface area contributed by atoms with Crippen molar-refractivity contribution in [3.05, 3.63) is 65.2 Å². The van der Waals surface area contributed by atoms with Crippen molar-refractivity contribution >= 4 is 17.5 Å². The standard InChI is InChI=1S/C20H22N2O2/c1-15-7-2-3-9-17(15)13-19(23)21-14-20(24)22-12-6-10-16-8-4-5-11-18(16)22/h2-5,7-9,11H,6,10,12-14H2,1H3,(H,21,23). The number of aryl methyl sites for hydroxylation is 2. The normalized spacial score (nSPS) is 13.3. The number of benzene rings is 2. The Morgan fingerprint density at radius 1 is 1.08 bits per heavy atom. The molecule has 2 amide bonds. The van der Waals surface area contributed by atoms with E-state index in [2.05, 4.69) is 11.4 Å². The third-order valence-corrected chi connectivity index (χ3v) is 4.46. The maximum atomic E-state index is 12.5. The van der Waals surface area contributed by atoms with E-state index in [9.17, 15) is 9.59 Å². The quantitative estimate of drug-likeness (QED) is 0.941. The first kappa shape index (κ1) is 16.2. The van der Waals surface area contributed by atoms with E-state index in [-0.39, 0.29) is 18.4 Å². The Bertz CT molecular complexity index is 755. The summed E-state index contributed by atoms with van der Waals surface area (Å²) in [6.45, 7) is 2.74. The Hall–Kier alpha value is -2.62. The number of hydrogen-bond acceptors (Lipinski definition) is 2. The van der Waals surface area contributed by atoms with E-state index < -0.39 is 0 Å². The predicted molar refractivity (Wildman–Crippen MR) is 95.0 cm³/mol. The largest absolute Gasteiger partial charge is 0.347 e. The highest BCUT2D eigenvalue weighted by Gasteiger charge is 2.22. The molecule has 3 rings (SSSR count). The highest BCUT2D eigenvalue weighted by atomic mass is 16.2. The van der Waals surface area contributed by atoms with E-state index in [0.29, 0.717) is 13.0 Å². The van der Waals surface area contributed by atoms with Gasteiger partial charge in [0.2, 0.25) is 11.8 Å². The number of carbonyl (C=O) groups is 2. The van der Waals surface area contributed by atoms with Crippen LogP contribution in [0.1, 0.15) is 23.1 Å². The summed E-state index contributed by atoms with van der Waals surface area (Å²) in [5.74, 6) is -0.178. The summed E-state index contributed by atoms with van der Waals surface area (Å²) in [5, 5.41) is 2.76. The molecule has 24 heavy (non-hydrogen) atoms. The number of para-hydroxylation sites is 1. The maximum Gasteiger partial charge on any atom is 0.246 e. The van der Waals surface area contributed by atoms with Gasteiger partial charge in [0.05, 0.1) is 13.0 Å². The average molecular weight is 322 g/mol. The van der Waals surface area contributed by atoms with Crippen LogP contribution in [-0.2, 0) is 22.4 Å². The second-order valence-corrected chi connectivity index (χ2v) is 6.16. The fraction of sp³-hybridized carbons (Fsp3) is 0.300. The van der Waals surface area contributed by atoms with Gasteiger partial charge >= 0.3 is 0 Å². The number of nitrogens with zero attached hydrogens (tertiary/aromatic N) is 1. The molecule has 0 saturated heterocycles. The van der Waals surface area contributed by atoms with Gasteiger partial charge < -0.3 is 10.2 Å².